The van der Waals surface area contributed by atoms with Crippen LogP contribution in [0.4, 0.5) is 5.69 Å². The Morgan fingerprint density at radius 1 is 1.32 bits per heavy atom. The van der Waals surface area contributed by atoms with Gasteiger partial charge in [-0.2, -0.15) is 0 Å². The fraction of sp³-hybridized carbons (Fsp3) is 0.238. The standard InChI is InChI=1S/C21H18ClIN2O6/c1-11(2)10-30-19-16(23)6-12(8-18(19)29-3)7-17-21(26)31-20(24-17)14-5-4-13(25(27)28)9-15(14)22/h4-9,11H,10H2,1-3H3/b17-7-. The quantitative estimate of drug-likeness (QED) is 0.152. The van der Waals surface area contributed by atoms with Crippen molar-refractivity contribution < 1.29 is 23.9 Å². The molecule has 0 unspecified atom stereocenters. The largest absolute Gasteiger partial charge is 0.493 e. The van der Waals surface area contributed by atoms with Gasteiger partial charge in [0, 0.05) is 12.1 Å². The Morgan fingerprint density at radius 3 is 2.68 bits per heavy atom. The van der Waals surface area contributed by atoms with Gasteiger partial charge >= 0.3 is 5.97 Å². The number of esters is 1. The van der Waals surface area contributed by atoms with E-state index in [0.717, 1.165) is 3.57 Å². The van der Waals surface area contributed by atoms with Crippen LogP contribution in [0.2, 0.25) is 5.02 Å². The molecule has 3 rings (SSSR count). The summed E-state index contributed by atoms with van der Waals surface area (Å²) < 4.78 is 17.3. The molecule has 2 aromatic rings. The molecule has 0 fully saturated rings. The molecule has 0 aromatic heterocycles. The van der Waals surface area contributed by atoms with Crippen LogP contribution in [0.15, 0.2) is 41.0 Å². The average molecular weight is 557 g/mol. The summed E-state index contributed by atoms with van der Waals surface area (Å²) in [7, 11) is 1.54. The molecular weight excluding hydrogens is 539 g/mol. The number of cyclic esters (lactones) is 1. The van der Waals surface area contributed by atoms with Crippen LogP contribution in [0.1, 0.15) is 25.0 Å². The van der Waals surface area contributed by atoms with Gasteiger partial charge in [0.1, 0.15) is 0 Å². The molecule has 10 heteroatoms. The van der Waals surface area contributed by atoms with Gasteiger partial charge in [-0.15, -0.1) is 0 Å². The van der Waals surface area contributed by atoms with E-state index >= 15 is 0 Å². The lowest BCUT2D eigenvalue weighted by atomic mass is 10.1. The van der Waals surface area contributed by atoms with Crippen LogP contribution in [0.5, 0.6) is 11.5 Å². The Morgan fingerprint density at radius 2 is 2.06 bits per heavy atom. The maximum Gasteiger partial charge on any atom is 0.363 e. The first-order valence-electron chi connectivity index (χ1n) is 9.16. The number of non-ortho nitro benzene ring substituents is 1. The third-order valence-corrected chi connectivity index (χ3v) is 5.24. The van der Waals surface area contributed by atoms with E-state index in [-0.39, 0.29) is 27.9 Å². The van der Waals surface area contributed by atoms with Crippen LogP contribution in [-0.4, -0.2) is 30.5 Å². The fourth-order valence-corrected chi connectivity index (χ4v) is 3.72. The lowest BCUT2D eigenvalue weighted by molar-refractivity contribution is -0.384. The molecule has 0 saturated heterocycles. The molecule has 0 radical (unpaired) electrons. The van der Waals surface area contributed by atoms with Crippen LogP contribution in [0, 0.1) is 19.6 Å². The molecule has 1 aliphatic heterocycles. The van der Waals surface area contributed by atoms with E-state index in [2.05, 4.69) is 41.4 Å². The summed E-state index contributed by atoms with van der Waals surface area (Å²) in [5, 5.41) is 10.9. The zero-order valence-electron chi connectivity index (χ0n) is 16.8. The van der Waals surface area contributed by atoms with Gasteiger partial charge < -0.3 is 14.2 Å². The monoisotopic (exact) mass is 556 g/mol. The Balaban J connectivity index is 1.93. The first-order chi connectivity index (χ1) is 14.7. The molecule has 31 heavy (non-hydrogen) atoms. The Kier molecular flexibility index (Phi) is 7.16. The Bertz CT molecular complexity index is 1110. The molecule has 0 bridgehead atoms. The molecule has 2 aromatic carbocycles. The molecule has 0 amide bonds. The number of benzene rings is 2. The molecule has 0 aliphatic carbocycles. The van der Waals surface area contributed by atoms with E-state index in [1.54, 1.807) is 19.3 Å². The summed E-state index contributed by atoms with van der Waals surface area (Å²) >= 11 is 8.25. The lowest BCUT2D eigenvalue weighted by Crippen LogP contribution is -2.07. The van der Waals surface area contributed by atoms with Crippen molar-refractivity contribution in [2.24, 2.45) is 10.9 Å². The number of carbonyl (C=O) groups excluding carboxylic acids is 1. The third kappa shape index (κ3) is 5.34. The minimum absolute atomic E-state index is 0.0188. The van der Waals surface area contributed by atoms with Gasteiger partial charge in [-0.25, -0.2) is 9.79 Å². The van der Waals surface area contributed by atoms with E-state index in [0.29, 0.717) is 29.6 Å². The number of halogens is 2. The van der Waals surface area contributed by atoms with E-state index in [1.165, 1.54) is 18.2 Å². The highest BCUT2D eigenvalue weighted by molar-refractivity contribution is 14.1. The number of aliphatic imine (C=N–C) groups is 1. The summed E-state index contributed by atoms with van der Waals surface area (Å²) in [6.07, 6.45) is 1.56. The van der Waals surface area contributed by atoms with Crippen molar-refractivity contribution in [2.45, 2.75) is 13.8 Å². The molecular formula is C21H18ClIN2O6. The number of nitrogens with zero attached hydrogens (tertiary/aromatic N) is 2. The lowest BCUT2D eigenvalue weighted by Gasteiger charge is -2.15. The summed E-state index contributed by atoms with van der Waals surface area (Å²) in [6.45, 7) is 4.65. The number of nitro benzene ring substituents is 1. The number of methoxy groups -OCH3 is 1. The van der Waals surface area contributed by atoms with E-state index in [9.17, 15) is 14.9 Å². The number of nitro groups is 1. The number of hydrogen-bond donors (Lipinski definition) is 0. The van der Waals surface area contributed by atoms with Crippen molar-refractivity contribution in [3.63, 3.8) is 0 Å². The van der Waals surface area contributed by atoms with Crippen molar-refractivity contribution in [1.82, 2.24) is 0 Å². The minimum Gasteiger partial charge on any atom is -0.493 e. The highest BCUT2D eigenvalue weighted by Crippen LogP contribution is 2.35. The molecule has 0 saturated carbocycles. The summed E-state index contributed by atoms with van der Waals surface area (Å²) in [6, 6.07) is 7.42. The van der Waals surface area contributed by atoms with Crippen molar-refractivity contribution in [3.8, 4) is 11.5 Å². The zero-order chi connectivity index (χ0) is 22.7. The van der Waals surface area contributed by atoms with Crippen molar-refractivity contribution in [1.29, 1.82) is 0 Å². The Hall–Kier alpha value is -2.66. The zero-order valence-corrected chi connectivity index (χ0v) is 19.8. The van der Waals surface area contributed by atoms with Crippen LogP contribution in [0.3, 0.4) is 0 Å². The first kappa shape index (κ1) is 23.0. The normalized spacial score (nSPS) is 14.6. The van der Waals surface area contributed by atoms with Gasteiger partial charge in [-0.1, -0.05) is 25.4 Å². The molecule has 1 heterocycles. The number of ether oxygens (including phenoxy) is 3. The maximum absolute atomic E-state index is 12.3. The number of carbonyl (C=O) groups is 1. The van der Waals surface area contributed by atoms with Gasteiger partial charge in [-0.3, -0.25) is 10.1 Å². The third-order valence-electron chi connectivity index (χ3n) is 4.13. The predicted octanol–water partition coefficient (Wildman–Crippen LogP) is 5.24. The molecule has 0 N–H and O–H groups in total. The number of rotatable bonds is 7. The van der Waals surface area contributed by atoms with E-state index in [1.807, 2.05) is 6.07 Å². The van der Waals surface area contributed by atoms with Crippen LogP contribution >= 0.6 is 34.2 Å². The average Bonchev–Trinajstić information content (AvgIpc) is 3.06. The highest BCUT2D eigenvalue weighted by atomic mass is 127. The van der Waals surface area contributed by atoms with Gasteiger partial charge in [0.05, 0.1) is 32.8 Å². The molecule has 0 atom stereocenters. The molecule has 1 aliphatic rings. The van der Waals surface area contributed by atoms with Crippen LogP contribution in [0.25, 0.3) is 6.08 Å². The summed E-state index contributed by atoms with van der Waals surface area (Å²) in [4.78, 5) is 26.8. The summed E-state index contributed by atoms with van der Waals surface area (Å²) in [5.74, 6) is 0.853. The molecule has 162 valence electrons. The molecule has 0 spiro atoms. The van der Waals surface area contributed by atoms with Gasteiger partial charge in [-0.05, 0) is 58.3 Å². The van der Waals surface area contributed by atoms with Crippen molar-refractivity contribution >= 4 is 57.8 Å². The Labute approximate surface area is 197 Å². The van der Waals surface area contributed by atoms with Crippen molar-refractivity contribution in [2.75, 3.05) is 13.7 Å². The second kappa shape index (κ2) is 9.65. The van der Waals surface area contributed by atoms with Gasteiger partial charge in [0.2, 0.25) is 5.90 Å². The number of hydrogen-bond acceptors (Lipinski definition) is 7. The topological polar surface area (TPSA) is 100 Å². The molecule has 8 nitrogen and oxygen atoms in total. The van der Waals surface area contributed by atoms with Crippen LogP contribution in [-0.2, 0) is 9.53 Å². The van der Waals surface area contributed by atoms with E-state index < -0.39 is 10.9 Å². The van der Waals surface area contributed by atoms with Gasteiger partial charge in [0.15, 0.2) is 17.2 Å². The maximum atomic E-state index is 12.3. The smallest absolute Gasteiger partial charge is 0.363 e. The summed E-state index contributed by atoms with van der Waals surface area (Å²) in [5.41, 5.74) is 0.854. The first-order valence-corrected chi connectivity index (χ1v) is 10.6. The predicted molar refractivity (Wildman–Crippen MR) is 125 cm³/mol. The van der Waals surface area contributed by atoms with Crippen molar-refractivity contribution in [3.05, 3.63) is 65.9 Å². The van der Waals surface area contributed by atoms with E-state index in [4.69, 9.17) is 25.8 Å². The fourth-order valence-electron chi connectivity index (χ4n) is 2.69. The SMILES string of the molecule is COc1cc(/C=C2\N=C(c3ccc([N+](=O)[O-])cc3Cl)OC2=O)cc(I)c1OCC(C)C. The minimum atomic E-state index is -0.654. The second-order valence-electron chi connectivity index (χ2n) is 7.00. The van der Waals surface area contributed by atoms with Crippen LogP contribution < -0.4 is 9.47 Å². The second-order valence-corrected chi connectivity index (χ2v) is 8.57. The highest BCUT2D eigenvalue weighted by Gasteiger charge is 2.27. The van der Waals surface area contributed by atoms with Gasteiger partial charge in [0.25, 0.3) is 5.69 Å².